The van der Waals surface area contributed by atoms with Gasteiger partial charge in [0.1, 0.15) is 17.9 Å². The average Bonchev–Trinajstić information content (AvgIpc) is 3.61. The molecule has 4 fully saturated rings. The fourth-order valence-corrected chi connectivity index (χ4v) is 9.43. The van der Waals surface area contributed by atoms with Gasteiger partial charge in [0, 0.05) is 68.0 Å². The summed E-state index contributed by atoms with van der Waals surface area (Å²) in [6.07, 6.45) is 6.33. The minimum absolute atomic E-state index is 0.0231. The van der Waals surface area contributed by atoms with Gasteiger partial charge < -0.3 is 42.8 Å². The number of aromatic nitrogens is 1. The van der Waals surface area contributed by atoms with Gasteiger partial charge in [-0.2, -0.15) is 0 Å². The van der Waals surface area contributed by atoms with E-state index in [1.165, 1.54) is 7.11 Å². The molecule has 0 amide bonds. The Morgan fingerprint density at radius 2 is 1.04 bits per heavy atom. The molecule has 4 aliphatic heterocycles. The van der Waals surface area contributed by atoms with Gasteiger partial charge in [0.15, 0.2) is 23.0 Å². The highest BCUT2D eigenvalue weighted by molar-refractivity contribution is 5.91. The Hall–Kier alpha value is -5.39. The predicted octanol–water partition coefficient (Wildman–Crippen LogP) is 6.29. The number of esters is 2. The molecule has 0 N–H and O–H groups in total. The Morgan fingerprint density at radius 1 is 0.574 bits per heavy atom. The van der Waals surface area contributed by atoms with Crippen molar-refractivity contribution >= 4 is 34.2 Å². The van der Waals surface area contributed by atoms with Crippen LogP contribution in [-0.2, 0) is 16.5 Å². The van der Waals surface area contributed by atoms with Crippen LogP contribution in [0.15, 0.2) is 65.5 Å². The average molecular weight is 738 g/mol. The van der Waals surface area contributed by atoms with Gasteiger partial charge in [0.05, 0.1) is 45.1 Å². The van der Waals surface area contributed by atoms with Crippen molar-refractivity contribution in [2.75, 3.05) is 38.2 Å². The smallest absolute Gasteiger partial charge is 0.338 e. The number of ether oxygens (including phenoxy) is 6. The Labute approximate surface area is 314 Å². The summed E-state index contributed by atoms with van der Waals surface area (Å²) in [5.41, 5.74) is 3.52. The summed E-state index contributed by atoms with van der Waals surface area (Å²) in [6.45, 7) is 0. The number of rotatable bonds is 10. The van der Waals surface area contributed by atoms with E-state index in [2.05, 4.69) is 28.0 Å². The van der Waals surface area contributed by atoms with Crippen LogP contribution in [0.25, 0.3) is 10.9 Å². The highest BCUT2D eigenvalue weighted by Gasteiger charge is 2.44. The number of nitrogens with zero attached hydrogens (tertiary/aromatic N) is 3. The molecule has 12 nitrogen and oxygen atoms in total. The molecular weight excluding hydrogens is 690 g/mol. The summed E-state index contributed by atoms with van der Waals surface area (Å²) in [5.74, 6) is 1.32. The molecule has 0 spiro atoms. The monoisotopic (exact) mass is 737 g/mol. The van der Waals surface area contributed by atoms with Gasteiger partial charge in [-0.05, 0) is 86.3 Å². The molecule has 6 atom stereocenters. The van der Waals surface area contributed by atoms with Gasteiger partial charge in [0.2, 0.25) is 0 Å². The Morgan fingerprint density at radius 3 is 1.50 bits per heavy atom. The molecule has 8 rings (SSSR count). The number of pyridine rings is 1. The fourth-order valence-electron chi connectivity index (χ4n) is 9.43. The van der Waals surface area contributed by atoms with Crippen molar-refractivity contribution in [3.63, 3.8) is 0 Å². The highest BCUT2D eigenvalue weighted by Crippen LogP contribution is 2.43. The van der Waals surface area contributed by atoms with Crippen LogP contribution in [0.4, 0.5) is 11.4 Å². The van der Waals surface area contributed by atoms with E-state index < -0.39 is 5.97 Å². The fraction of sp³-hybridized carbons (Fsp3) is 0.452. The summed E-state index contributed by atoms with van der Waals surface area (Å²) >= 11 is 0. The molecule has 0 radical (unpaired) electrons. The van der Waals surface area contributed by atoms with Crippen LogP contribution >= 0.6 is 0 Å². The van der Waals surface area contributed by atoms with Crippen molar-refractivity contribution in [3.8, 4) is 23.0 Å². The second-order valence-corrected chi connectivity index (χ2v) is 14.9. The van der Waals surface area contributed by atoms with Crippen LogP contribution in [0.2, 0.25) is 0 Å². The molecule has 0 aliphatic carbocycles. The maximum absolute atomic E-state index is 13.9. The molecule has 4 aromatic rings. The third-order valence-electron chi connectivity index (χ3n) is 11.9. The maximum Gasteiger partial charge on any atom is 0.338 e. The van der Waals surface area contributed by atoms with E-state index >= 15 is 0 Å². The normalized spacial score (nSPS) is 24.3. The van der Waals surface area contributed by atoms with Crippen molar-refractivity contribution < 1.29 is 38.0 Å². The molecule has 4 unspecified atom stereocenters. The summed E-state index contributed by atoms with van der Waals surface area (Å²) in [5, 5.41) is 1.01. The van der Waals surface area contributed by atoms with Crippen LogP contribution in [0, 0.1) is 0 Å². The number of anilines is 2. The largest absolute Gasteiger partial charge is 0.493 e. The first-order valence-corrected chi connectivity index (χ1v) is 18.8. The highest BCUT2D eigenvalue weighted by atomic mass is 16.6. The van der Waals surface area contributed by atoms with Gasteiger partial charge in [-0.1, -0.05) is 0 Å². The number of methoxy groups -OCH3 is 4. The second-order valence-electron chi connectivity index (χ2n) is 14.9. The lowest BCUT2D eigenvalue weighted by Gasteiger charge is -2.40. The third kappa shape index (κ3) is 6.35. The molecule has 3 aromatic carbocycles. The topological polar surface area (TPSA) is 118 Å². The molecule has 1 aromatic heterocycles. The van der Waals surface area contributed by atoms with E-state index in [1.54, 1.807) is 62.3 Å². The van der Waals surface area contributed by atoms with Crippen LogP contribution in [-0.4, -0.2) is 81.3 Å². The lowest BCUT2D eigenvalue weighted by molar-refractivity contribution is 0.0194. The number of benzene rings is 3. The van der Waals surface area contributed by atoms with Crippen LogP contribution < -0.4 is 34.3 Å². The zero-order valence-electron chi connectivity index (χ0n) is 31.4. The zero-order chi connectivity index (χ0) is 37.7. The number of piperidine rings is 2. The molecule has 12 heteroatoms. The maximum atomic E-state index is 13.9. The molecular formula is C42H47N3O9. The minimum atomic E-state index is -0.392. The quantitative estimate of drug-likeness (QED) is 0.171. The molecule has 0 saturated carbocycles. The first-order valence-electron chi connectivity index (χ1n) is 18.8. The Bertz CT molecular complexity index is 2120. The number of hydrogen-bond donors (Lipinski definition) is 0. The molecule has 4 aliphatic rings. The summed E-state index contributed by atoms with van der Waals surface area (Å²) in [6, 6.07) is 19.2. The van der Waals surface area contributed by atoms with Crippen LogP contribution in [0.1, 0.15) is 72.1 Å². The van der Waals surface area contributed by atoms with Crippen molar-refractivity contribution in [1.82, 2.24) is 4.57 Å². The summed E-state index contributed by atoms with van der Waals surface area (Å²) in [7, 11) is 8.04. The lowest BCUT2D eigenvalue weighted by Crippen LogP contribution is -2.48. The van der Waals surface area contributed by atoms with Gasteiger partial charge in [0.25, 0.3) is 5.56 Å². The number of aryl methyl sites for hydroxylation is 1. The van der Waals surface area contributed by atoms with Crippen molar-refractivity contribution in [1.29, 1.82) is 0 Å². The molecule has 4 saturated heterocycles. The van der Waals surface area contributed by atoms with Crippen LogP contribution in [0.5, 0.6) is 23.0 Å². The number of carbonyl (C=O) groups is 2. The standard InChI is InChI=1S/C42H47N3O9/c1-43-34-13-12-27(44-28-8-9-29(44)21-32(20-28)53-41(47)24-6-14-36(49-2)38(18-24)51-4)16-26(34)17-35(40(43)46)45-30-10-11-31(45)23-33(22-30)54-42(48)25-7-15-37(50-3)39(19-25)52-5/h6-7,12-19,28-33H,8-11,20-23H2,1-5H3/t28-,29?,30-,31?,32?,33?/m1/s1. The number of fused-ring (bicyclic) bond motifs is 5. The first-order chi connectivity index (χ1) is 26.2. The minimum Gasteiger partial charge on any atom is -0.493 e. The van der Waals surface area contributed by atoms with E-state index in [-0.39, 0.29) is 47.9 Å². The Kier molecular flexibility index (Phi) is 9.53. The molecule has 4 bridgehead atoms. The SMILES string of the molecule is COc1ccc(C(=O)OC2CC3CC[C@H](C2)N3c2ccc3c(c2)cc(N2C4CC[C@@H]2CC(OC(=O)c2ccc(OC)c(OC)c2)C4)c(=O)n3C)cc1OC. The van der Waals surface area contributed by atoms with Gasteiger partial charge in [-0.25, -0.2) is 9.59 Å². The summed E-state index contributed by atoms with van der Waals surface area (Å²) < 4.78 is 35.2. The van der Waals surface area contributed by atoms with Crippen LogP contribution in [0.3, 0.4) is 0 Å². The van der Waals surface area contributed by atoms with E-state index in [0.717, 1.165) is 55.1 Å². The van der Waals surface area contributed by atoms with E-state index in [4.69, 9.17) is 28.4 Å². The molecule has 284 valence electrons. The van der Waals surface area contributed by atoms with E-state index in [1.807, 2.05) is 13.1 Å². The van der Waals surface area contributed by atoms with E-state index in [9.17, 15) is 14.4 Å². The van der Waals surface area contributed by atoms with Crippen molar-refractivity contribution in [3.05, 3.63) is 82.1 Å². The van der Waals surface area contributed by atoms with Gasteiger partial charge in [-0.3, -0.25) is 4.79 Å². The molecule has 5 heterocycles. The second kappa shape index (κ2) is 14.4. The number of carbonyl (C=O) groups excluding carboxylic acids is 2. The molecule has 54 heavy (non-hydrogen) atoms. The summed E-state index contributed by atoms with van der Waals surface area (Å²) in [4.78, 5) is 45.0. The first kappa shape index (κ1) is 35.6. The van der Waals surface area contributed by atoms with E-state index in [0.29, 0.717) is 52.7 Å². The van der Waals surface area contributed by atoms with Gasteiger partial charge in [-0.15, -0.1) is 0 Å². The lowest BCUT2D eigenvalue weighted by atomic mass is 9.97. The van der Waals surface area contributed by atoms with Crippen molar-refractivity contribution in [2.24, 2.45) is 7.05 Å². The Balaban J connectivity index is 0.973. The van der Waals surface area contributed by atoms with Gasteiger partial charge >= 0.3 is 11.9 Å². The zero-order valence-corrected chi connectivity index (χ0v) is 31.4. The predicted molar refractivity (Wildman–Crippen MR) is 204 cm³/mol. The van der Waals surface area contributed by atoms with Crippen molar-refractivity contribution in [2.45, 2.75) is 87.7 Å². The third-order valence-corrected chi connectivity index (χ3v) is 11.9. The number of hydrogen-bond acceptors (Lipinski definition) is 11.